The molecule has 0 saturated heterocycles. The molecule has 0 aromatic heterocycles. The summed E-state index contributed by atoms with van der Waals surface area (Å²) in [7, 11) is 1.30. The molecule has 0 heterocycles. The Kier molecular flexibility index (Phi) is 4.27. The summed E-state index contributed by atoms with van der Waals surface area (Å²) in [5.41, 5.74) is 0.931. The van der Waals surface area contributed by atoms with E-state index in [-0.39, 0.29) is 12.4 Å². The highest BCUT2D eigenvalue weighted by atomic mass is 19.3. The van der Waals surface area contributed by atoms with Crippen LogP contribution in [0.25, 0.3) is 0 Å². The van der Waals surface area contributed by atoms with E-state index in [1.54, 1.807) is 13.8 Å². The van der Waals surface area contributed by atoms with Crippen molar-refractivity contribution in [1.82, 2.24) is 0 Å². The molecule has 1 aromatic carbocycles. The number of hydrogen-bond acceptors (Lipinski definition) is 3. The molecule has 0 fully saturated rings. The third-order valence-corrected chi connectivity index (χ3v) is 2.75. The van der Waals surface area contributed by atoms with E-state index in [1.807, 2.05) is 0 Å². The summed E-state index contributed by atoms with van der Waals surface area (Å²) in [5, 5.41) is 0. The first kappa shape index (κ1) is 14.4. The van der Waals surface area contributed by atoms with Gasteiger partial charge < -0.3 is 9.47 Å². The summed E-state index contributed by atoms with van der Waals surface area (Å²) >= 11 is 0. The quantitative estimate of drug-likeness (QED) is 0.779. The summed E-state index contributed by atoms with van der Waals surface area (Å²) in [6, 6.07) is 2.72. The van der Waals surface area contributed by atoms with Crippen LogP contribution >= 0.6 is 0 Å². The zero-order chi connectivity index (χ0) is 13.9. The molecule has 0 aliphatic carbocycles. The average Bonchev–Trinajstić information content (AvgIpc) is 2.32. The summed E-state index contributed by atoms with van der Waals surface area (Å²) in [4.78, 5) is 11.3. The third-order valence-electron chi connectivity index (χ3n) is 2.75. The van der Waals surface area contributed by atoms with E-state index in [1.165, 1.54) is 26.2 Å². The minimum Gasteiger partial charge on any atom is -0.496 e. The second-order valence-electron chi connectivity index (χ2n) is 3.88. The van der Waals surface area contributed by atoms with Gasteiger partial charge in [-0.2, -0.15) is 8.78 Å². The molecule has 1 rings (SSSR count). The lowest BCUT2D eigenvalue weighted by Gasteiger charge is -2.19. The third kappa shape index (κ3) is 2.44. The Hall–Kier alpha value is -1.65. The molecule has 18 heavy (non-hydrogen) atoms. The van der Waals surface area contributed by atoms with E-state index < -0.39 is 17.5 Å². The first-order chi connectivity index (χ1) is 8.36. The summed E-state index contributed by atoms with van der Waals surface area (Å²) in [6.45, 7) is 4.83. The van der Waals surface area contributed by atoms with Gasteiger partial charge in [0.2, 0.25) is 0 Å². The Morgan fingerprint density at radius 2 is 1.94 bits per heavy atom. The zero-order valence-corrected chi connectivity index (χ0v) is 10.8. The summed E-state index contributed by atoms with van der Waals surface area (Å²) in [6.07, 6.45) is 0. The molecule has 0 N–H and O–H groups in total. The normalized spacial score (nSPS) is 11.2. The van der Waals surface area contributed by atoms with E-state index in [4.69, 9.17) is 4.74 Å². The van der Waals surface area contributed by atoms with Crippen LogP contribution < -0.4 is 4.74 Å². The van der Waals surface area contributed by atoms with Crippen LogP contribution in [0.1, 0.15) is 23.6 Å². The molecule has 0 spiro atoms. The molecule has 0 amide bonds. The van der Waals surface area contributed by atoms with E-state index >= 15 is 0 Å². The fraction of sp³-hybridized carbons (Fsp3) is 0.462. The van der Waals surface area contributed by atoms with Crippen molar-refractivity contribution >= 4 is 5.97 Å². The second-order valence-corrected chi connectivity index (χ2v) is 3.88. The lowest BCUT2D eigenvalue weighted by atomic mass is 10.00. The molecule has 5 heteroatoms. The van der Waals surface area contributed by atoms with Crippen LogP contribution in [0.15, 0.2) is 12.1 Å². The predicted molar refractivity (Wildman–Crippen MR) is 63.0 cm³/mol. The highest BCUT2D eigenvalue weighted by molar-refractivity contribution is 5.80. The number of esters is 1. The van der Waals surface area contributed by atoms with Gasteiger partial charge in [0.25, 0.3) is 0 Å². The van der Waals surface area contributed by atoms with Crippen LogP contribution in [-0.4, -0.2) is 19.7 Å². The standard InChI is InChI=1S/C13H16F2O3/c1-5-18-12(16)13(14,15)10-7-6-8(2)9(3)11(10)17-4/h6-7H,5H2,1-4H3. The lowest BCUT2D eigenvalue weighted by molar-refractivity contribution is -0.173. The predicted octanol–water partition coefficient (Wildman–Crippen LogP) is 2.97. The SMILES string of the molecule is CCOC(=O)C(F)(F)c1ccc(C)c(C)c1OC. The number of hydrogen-bond donors (Lipinski definition) is 0. The van der Waals surface area contributed by atoms with E-state index in [9.17, 15) is 13.6 Å². The first-order valence-electron chi connectivity index (χ1n) is 5.56. The Bertz CT molecular complexity index is 456. The van der Waals surface area contributed by atoms with Crippen molar-refractivity contribution in [2.75, 3.05) is 13.7 Å². The van der Waals surface area contributed by atoms with Gasteiger partial charge in [-0.15, -0.1) is 0 Å². The molecule has 0 unspecified atom stereocenters. The van der Waals surface area contributed by atoms with Crippen LogP contribution in [0.2, 0.25) is 0 Å². The molecule has 3 nitrogen and oxygen atoms in total. The molecular weight excluding hydrogens is 242 g/mol. The number of benzene rings is 1. The topological polar surface area (TPSA) is 35.5 Å². The number of ether oxygens (including phenoxy) is 2. The largest absolute Gasteiger partial charge is 0.496 e. The van der Waals surface area contributed by atoms with Crippen LogP contribution in [0.5, 0.6) is 5.75 Å². The maximum atomic E-state index is 13.9. The van der Waals surface area contributed by atoms with Crippen LogP contribution in [0.3, 0.4) is 0 Å². The number of alkyl halides is 2. The van der Waals surface area contributed by atoms with E-state index in [0.717, 1.165) is 5.56 Å². The molecule has 1 aromatic rings. The van der Waals surface area contributed by atoms with Gasteiger partial charge in [0.05, 0.1) is 19.3 Å². The van der Waals surface area contributed by atoms with E-state index in [2.05, 4.69) is 4.74 Å². The first-order valence-corrected chi connectivity index (χ1v) is 5.56. The number of methoxy groups -OCH3 is 1. The van der Waals surface area contributed by atoms with Crippen molar-refractivity contribution in [2.24, 2.45) is 0 Å². The molecule has 0 radical (unpaired) electrons. The highest BCUT2D eigenvalue weighted by Crippen LogP contribution is 2.38. The minimum absolute atomic E-state index is 0.0213. The van der Waals surface area contributed by atoms with Gasteiger partial charge >= 0.3 is 11.9 Å². The molecule has 0 atom stereocenters. The Labute approximate surface area is 105 Å². The number of rotatable bonds is 4. The molecule has 0 aliphatic rings. The fourth-order valence-corrected chi connectivity index (χ4v) is 1.63. The molecular formula is C13H16F2O3. The van der Waals surface area contributed by atoms with Gasteiger partial charge in [-0.25, -0.2) is 4.79 Å². The Morgan fingerprint density at radius 1 is 1.33 bits per heavy atom. The van der Waals surface area contributed by atoms with Gasteiger partial charge in [-0.3, -0.25) is 0 Å². The van der Waals surface area contributed by atoms with E-state index in [0.29, 0.717) is 5.56 Å². The average molecular weight is 258 g/mol. The minimum atomic E-state index is -3.71. The molecule has 100 valence electrons. The van der Waals surface area contributed by atoms with Gasteiger partial charge in [0.15, 0.2) is 0 Å². The lowest BCUT2D eigenvalue weighted by Crippen LogP contribution is -2.29. The van der Waals surface area contributed by atoms with Gasteiger partial charge in [0.1, 0.15) is 5.75 Å². The van der Waals surface area contributed by atoms with Crippen molar-refractivity contribution < 1.29 is 23.0 Å². The second kappa shape index (κ2) is 5.33. The van der Waals surface area contributed by atoms with Gasteiger partial charge in [-0.1, -0.05) is 6.07 Å². The smallest absolute Gasteiger partial charge is 0.382 e. The Morgan fingerprint density at radius 3 is 2.44 bits per heavy atom. The molecule has 0 bridgehead atoms. The molecule has 0 saturated carbocycles. The van der Waals surface area contributed by atoms with Crippen molar-refractivity contribution in [2.45, 2.75) is 26.7 Å². The maximum absolute atomic E-state index is 13.9. The van der Waals surface area contributed by atoms with Gasteiger partial charge in [-0.05, 0) is 38.0 Å². The van der Waals surface area contributed by atoms with Crippen LogP contribution in [0.4, 0.5) is 8.78 Å². The van der Waals surface area contributed by atoms with Crippen molar-refractivity contribution in [3.63, 3.8) is 0 Å². The molecule has 0 aliphatic heterocycles. The fourth-order valence-electron chi connectivity index (χ4n) is 1.63. The Balaban J connectivity index is 3.32. The van der Waals surface area contributed by atoms with Crippen molar-refractivity contribution in [3.8, 4) is 5.75 Å². The van der Waals surface area contributed by atoms with Crippen LogP contribution in [0, 0.1) is 13.8 Å². The zero-order valence-electron chi connectivity index (χ0n) is 10.8. The number of carbonyl (C=O) groups is 1. The van der Waals surface area contributed by atoms with Crippen molar-refractivity contribution in [3.05, 3.63) is 28.8 Å². The summed E-state index contributed by atoms with van der Waals surface area (Å²) in [5.74, 6) is -5.25. The van der Waals surface area contributed by atoms with Crippen molar-refractivity contribution in [1.29, 1.82) is 0 Å². The van der Waals surface area contributed by atoms with Gasteiger partial charge in [0, 0.05) is 0 Å². The summed E-state index contributed by atoms with van der Waals surface area (Å²) < 4.78 is 37.3. The number of aryl methyl sites for hydroxylation is 1. The number of carbonyl (C=O) groups excluding carboxylic acids is 1. The number of halogens is 2. The maximum Gasteiger partial charge on any atom is 0.382 e. The van der Waals surface area contributed by atoms with Crippen LogP contribution in [-0.2, 0) is 15.5 Å². The highest BCUT2D eigenvalue weighted by Gasteiger charge is 2.45. The monoisotopic (exact) mass is 258 g/mol.